The molecule has 3 heterocycles. The number of carbonyl (C=O) groups excluding carboxylic acids is 2. The Balaban J connectivity index is 1.22. The Bertz CT molecular complexity index is 1090. The Kier molecular flexibility index (Phi) is 7.57. The van der Waals surface area contributed by atoms with E-state index in [1.54, 1.807) is 18.4 Å². The molecule has 0 saturated carbocycles. The lowest BCUT2D eigenvalue weighted by molar-refractivity contribution is -0.120. The predicted molar refractivity (Wildman–Crippen MR) is 129 cm³/mol. The maximum Gasteiger partial charge on any atom is 0.260 e. The third-order valence-electron chi connectivity index (χ3n) is 5.88. The van der Waals surface area contributed by atoms with Crippen molar-refractivity contribution in [3.8, 4) is 0 Å². The van der Waals surface area contributed by atoms with Crippen LogP contribution < -0.4 is 10.6 Å². The van der Waals surface area contributed by atoms with Crippen LogP contribution in [-0.4, -0.2) is 34.8 Å². The molecule has 2 aromatic heterocycles. The second-order valence-corrected chi connectivity index (χ2v) is 9.60. The third kappa shape index (κ3) is 6.52. The Labute approximate surface area is 198 Å². The van der Waals surface area contributed by atoms with Crippen LogP contribution in [0.4, 0.5) is 5.13 Å². The molecule has 0 aliphatic carbocycles. The summed E-state index contributed by atoms with van der Waals surface area (Å²) in [7, 11) is 0. The molecule has 0 radical (unpaired) electrons. The van der Waals surface area contributed by atoms with Gasteiger partial charge in [0.15, 0.2) is 5.13 Å². The molecule has 3 aromatic rings. The summed E-state index contributed by atoms with van der Waals surface area (Å²) in [5, 5.41) is 7.94. The van der Waals surface area contributed by atoms with Crippen molar-refractivity contribution in [3.63, 3.8) is 0 Å². The molecule has 0 bridgehead atoms. The molecule has 33 heavy (non-hydrogen) atoms. The Morgan fingerprint density at radius 2 is 2.00 bits per heavy atom. The molecule has 4 rings (SSSR count). The Hall–Kier alpha value is -2.97. The van der Waals surface area contributed by atoms with Gasteiger partial charge < -0.3 is 9.73 Å². The first kappa shape index (κ1) is 23.2. The van der Waals surface area contributed by atoms with Gasteiger partial charge in [-0.15, -0.1) is 11.3 Å². The smallest absolute Gasteiger partial charge is 0.260 e. The molecule has 1 fully saturated rings. The molecule has 1 aliphatic rings. The molecule has 2 amide bonds. The van der Waals surface area contributed by atoms with E-state index in [9.17, 15) is 9.59 Å². The van der Waals surface area contributed by atoms with Gasteiger partial charge in [-0.3, -0.25) is 19.8 Å². The van der Waals surface area contributed by atoms with Crippen LogP contribution in [0.15, 0.2) is 46.4 Å². The number of likely N-dealkylation sites (tertiary alicyclic amines) is 1. The van der Waals surface area contributed by atoms with Gasteiger partial charge in [0, 0.05) is 25.0 Å². The molecule has 1 saturated heterocycles. The maximum atomic E-state index is 12.4. The number of amides is 2. The van der Waals surface area contributed by atoms with E-state index >= 15 is 0 Å². The lowest BCUT2D eigenvalue weighted by atomic mass is 9.99. The molecule has 8 heteroatoms. The fraction of sp³-hybridized carbons (Fsp3) is 0.400. The van der Waals surface area contributed by atoms with Crippen molar-refractivity contribution < 1.29 is 14.0 Å². The SMILES string of the molecule is Cc1occc1C(=O)Nc1nc(CC(=O)NCc2ccc(CN3CCCC(C)C3)cc2)cs1. The zero-order valence-corrected chi connectivity index (χ0v) is 19.9. The van der Waals surface area contributed by atoms with E-state index < -0.39 is 0 Å². The van der Waals surface area contributed by atoms with Gasteiger partial charge in [-0.1, -0.05) is 31.2 Å². The summed E-state index contributed by atoms with van der Waals surface area (Å²) in [6.45, 7) is 7.86. The second kappa shape index (κ2) is 10.8. The molecule has 1 aromatic carbocycles. The second-order valence-electron chi connectivity index (χ2n) is 8.74. The van der Waals surface area contributed by atoms with Crippen molar-refractivity contribution in [3.05, 3.63) is 70.1 Å². The summed E-state index contributed by atoms with van der Waals surface area (Å²) in [4.78, 5) is 31.5. The van der Waals surface area contributed by atoms with Crippen molar-refractivity contribution in [2.45, 2.75) is 46.2 Å². The van der Waals surface area contributed by atoms with E-state index in [0.717, 1.165) is 18.0 Å². The van der Waals surface area contributed by atoms with Crippen LogP contribution in [-0.2, 0) is 24.3 Å². The molecule has 1 unspecified atom stereocenters. The van der Waals surface area contributed by atoms with Crippen molar-refractivity contribution in [1.29, 1.82) is 0 Å². The molecular formula is C25H30N4O3S. The molecule has 0 spiro atoms. The molecule has 1 atom stereocenters. The van der Waals surface area contributed by atoms with Gasteiger partial charge in [0.2, 0.25) is 5.91 Å². The van der Waals surface area contributed by atoms with E-state index in [0.29, 0.717) is 28.7 Å². The quantitative estimate of drug-likeness (QED) is 0.514. The van der Waals surface area contributed by atoms with Crippen molar-refractivity contribution in [1.82, 2.24) is 15.2 Å². The number of aromatic nitrogens is 1. The van der Waals surface area contributed by atoms with Crippen LogP contribution in [0.2, 0.25) is 0 Å². The number of nitrogens with zero attached hydrogens (tertiary/aromatic N) is 2. The largest absolute Gasteiger partial charge is 0.469 e. The highest BCUT2D eigenvalue weighted by atomic mass is 32.1. The zero-order valence-electron chi connectivity index (χ0n) is 19.1. The van der Waals surface area contributed by atoms with Gasteiger partial charge >= 0.3 is 0 Å². The number of anilines is 1. The van der Waals surface area contributed by atoms with E-state index in [1.165, 1.54) is 49.1 Å². The molecule has 2 N–H and O–H groups in total. The lowest BCUT2D eigenvalue weighted by Gasteiger charge is -2.30. The average molecular weight is 467 g/mol. The lowest BCUT2D eigenvalue weighted by Crippen LogP contribution is -2.33. The molecule has 1 aliphatic heterocycles. The predicted octanol–water partition coefficient (Wildman–Crippen LogP) is 4.39. The van der Waals surface area contributed by atoms with Crippen LogP contribution in [0, 0.1) is 12.8 Å². The van der Waals surface area contributed by atoms with Crippen LogP contribution >= 0.6 is 11.3 Å². The molecular weight excluding hydrogens is 436 g/mol. The Morgan fingerprint density at radius 3 is 2.73 bits per heavy atom. The van der Waals surface area contributed by atoms with Gasteiger partial charge in [-0.2, -0.15) is 0 Å². The first-order valence-electron chi connectivity index (χ1n) is 11.3. The van der Waals surface area contributed by atoms with E-state index in [-0.39, 0.29) is 18.2 Å². The number of furan rings is 1. The highest BCUT2D eigenvalue weighted by molar-refractivity contribution is 7.14. The summed E-state index contributed by atoms with van der Waals surface area (Å²) in [5.41, 5.74) is 3.48. The number of nitrogens with one attached hydrogen (secondary N) is 2. The van der Waals surface area contributed by atoms with Gasteiger partial charge in [-0.05, 0) is 49.4 Å². The summed E-state index contributed by atoms with van der Waals surface area (Å²) >= 11 is 1.30. The minimum Gasteiger partial charge on any atom is -0.469 e. The third-order valence-corrected chi connectivity index (χ3v) is 6.68. The highest BCUT2D eigenvalue weighted by Crippen LogP contribution is 2.19. The van der Waals surface area contributed by atoms with Crippen molar-refractivity contribution >= 4 is 28.3 Å². The number of hydrogen-bond acceptors (Lipinski definition) is 6. The van der Waals surface area contributed by atoms with E-state index in [4.69, 9.17) is 4.42 Å². The first-order chi connectivity index (χ1) is 16.0. The van der Waals surface area contributed by atoms with Gasteiger partial charge in [0.1, 0.15) is 5.76 Å². The standard InChI is InChI=1S/C25H30N4O3S/c1-17-4-3-10-29(14-17)15-20-7-5-19(6-8-20)13-26-23(30)12-21-16-33-25(27-21)28-24(31)22-9-11-32-18(22)2/h5-9,11,16-17H,3-4,10,12-15H2,1-2H3,(H,26,30)(H,27,28,31). The summed E-state index contributed by atoms with van der Waals surface area (Å²) in [5.74, 6) is 0.955. The fourth-order valence-corrected chi connectivity index (χ4v) is 4.81. The van der Waals surface area contributed by atoms with E-state index in [2.05, 4.69) is 51.7 Å². The summed E-state index contributed by atoms with van der Waals surface area (Å²) in [6.07, 6.45) is 4.26. The van der Waals surface area contributed by atoms with Gasteiger partial charge in [-0.25, -0.2) is 4.98 Å². The Morgan fingerprint density at radius 1 is 1.21 bits per heavy atom. The molecule has 7 nitrogen and oxygen atoms in total. The maximum absolute atomic E-state index is 12.4. The number of rotatable bonds is 8. The monoisotopic (exact) mass is 466 g/mol. The fourth-order valence-electron chi connectivity index (χ4n) is 4.11. The summed E-state index contributed by atoms with van der Waals surface area (Å²) < 4.78 is 5.16. The minimum atomic E-state index is -0.273. The van der Waals surface area contributed by atoms with E-state index in [1.807, 2.05) is 0 Å². The van der Waals surface area contributed by atoms with Crippen LogP contribution in [0.3, 0.4) is 0 Å². The van der Waals surface area contributed by atoms with Gasteiger partial charge in [0.25, 0.3) is 5.91 Å². The average Bonchev–Trinajstić information content (AvgIpc) is 3.42. The number of benzene rings is 1. The zero-order chi connectivity index (χ0) is 23.2. The number of thiazole rings is 1. The van der Waals surface area contributed by atoms with Crippen molar-refractivity contribution in [2.75, 3.05) is 18.4 Å². The van der Waals surface area contributed by atoms with Gasteiger partial charge in [0.05, 0.1) is 23.9 Å². The highest BCUT2D eigenvalue weighted by Gasteiger charge is 2.16. The van der Waals surface area contributed by atoms with Crippen LogP contribution in [0.5, 0.6) is 0 Å². The number of aryl methyl sites for hydroxylation is 1. The van der Waals surface area contributed by atoms with Crippen molar-refractivity contribution in [2.24, 2.45) is 5.92 Å². The number of carbonyl (C=O) groups is 2. The first-order valence-corrected chi connectivity index (χ1v) is 12.2. The normalized spacial score (nSPS) is 16.5. The minimum absolute atomic E-state index is 0.102. The number of hydrogen-bond donors (Lipinski definition) is 2. The van der Waals surface area contributed by atoms with Crippen LogP contribution in [0.1, 0.15) is 52.7 Å². The summed E-state index contributed by atoms with van der Waals surface area (Å²) in [6, 6.07) is 10.1. The topological polar surface area (TPSA) is 87.5 Å². The number of piperidine rings is 1. The van der Waals surface area contributed by atoms with Crippen LogP contribution in [0.25, 0.3) is 0 Å². The molecule has 174 valence electrons.